The quantitative estimate of drug-likeness (QED) is 0.716. The van der Waals surface area contributed by atoms with Crippen LogP contribution in [0, 0.1) is 0 Å². The van der Waals surface area contributed by atoms with E-state index in [-0.39, 0.29) is 12.4 Å². The molecule has 0 aliphatic heterocycles. The van der Waals surface area contributed by atoms with Crippen molar-refractivity contribution in [1.29, 1.82) is 0 Å². The normalized spacial score (nSPS) is 9.86. The monoisotopic (exact) mass is 192 g/mol. The lowest BCUT2D eigenvalue weighted by atomic mass is 10.1. The maximum atomic E-state index is 11.1. The van der Waals surface area contributed by atoms with Crippen molar-refractivity contribution in [2.24, 2.45) is 0 Å². The van der Waals surface area contributed by atoms with E-state index in [9.17, 15) is 4.79 Å². The summed E-state index contributed by atoms with van der Waals surface area (Å²) in [7, 11) is 0. The average Bonchev–Trinajstić information content (AvgIpc) is 2.26. The molecule has 0 N–H and O–H groups in total. The minimum Gasteiger partial charge on any atom is -0.486 e. The summed E-state index contributed by atoms with van der Waals surface area (Å²) >= 11 is 0. The van der Waals surface area contributed by atoms with E-state index in [1.807, 2.05) is 31.2 Å². The van der Waals surface area contributed by atoms with Crippen molar-refractivity contribution in [2.75, 3.05) is 6.61 Å². The van der Waals surface area contributed by atoms with E-state index in [0.717, 1.165) is 17.7 Å². The lowest BCUT2D eigenvalue weighted by molar-refractivity contribution is -0.120. The molecular formula is C12H16O2. The minimum absolute atomic E-state index is 0.135. The maximum Gasteiger partial charge on any atom is 0.169 e. The standard InChI is InChI=1S/C12H16O2/c1-3-10-7-5-6-8-12(10)14-9-11(13)4-2/h5-8H,3-4,9H2,1-2H3. The molecule has 0 amide bonds. The summed E-state index contributed by atoms with van der Waals surface area (Å²) in [6.45, 7) is 4.11. The molecule has 1 aromatic carbocycles. The van der Waals surface area contributed by atoms with E-state index in [1.54, 1.807) is 0 Å². The number of ether oxygens (including phenoxy) is 1. The molecule has 76 valence electrons. The van der Waals surface area contributed by atoms with Crippen molar-refractivity contribution >= 4 is 5.78 Å². The van der Waals surface area contributed by atoms with Crippen LogP contribution in [0.1, 0.15) is 25.8 Å². The van der Waals surface area contributed by atoms with Crippen LogP contribution in [0.3, 0.4) is 0 Å². The van der Waals surface area contributed by atoms with E-state index >= 15 is 0 Å². The Labute approximate surface area is 84.9 Å². The first kappa shape index (κ1) is 10.8. The number of rotatable bonds is 5. The zero-order chi connectivity index (χ0) is 10.4. The highest BCUT2D eigenvalue weighted by Gasteiger charge is 2.03. The van der Waals surface area contributed by atoms with E-state index in [4.69, 9.17) is 4.74 Å². The zero-order valence-electron chi connectivity index (χ0n) is 8.75. The third-order valence-corrected chi connectivity index (χ3v) is 2.14. The third kappa shape index (κ3) is 2.87. The molecule has 0 heterocycles. The van der Waals surface area contributed by atoms with Crippen LogP contribution in [-0.4, -0.2) is 12.4 Å². The summed E-state index contributed by atoms with van der Waals surface area (Å²) in [5.41, 5.74) is 1.15. The molecule has 0 fully saturated rings. The number of Topliss-reactive ketones (excluding diaryl/α,β-unsaturated/α-hetero) is 1. The predicted molar refractivity (Wildman–Crippen MR) is 56.6 cm³/mol. The molecule has 0 unspecified atom stereocenters. The first-order chi connectivity index (χ1) is 6.77. The second kappa shape index (κ2) is 5.43. The lowest BCUT2D eigenvalue weighted by Gasteiger charge is -2.08. The van der Waals surface area contributed by atoms with Crippen LogP contribution in [0.4, 0.5) is 0 Å². The highest BCUT2D eigenvalue weighted by Crippen LogP contribution is 2.18. The van der Waals surface area contributed by atoms with Crippen LogP contribution in [0.15, 0.2) is 24.3 Å². The number of carbonyl (C=O) groups excluding carboxylic acids is 1. The van der Waals surface area contributed by atoms with Gasteiger partial charge in [0.1, 0.15) is 12.4 Å². The molecule has 1 aromatic rings. The second-order valence-corrected chi connectivity index (χ2v) is 3.14. The summed E-state index contributed by atoms with van der Waals surface area (Å²) in [4.78, 5) is 11.1. The molecule has 0 saturated carbocycles. The van der Waals surface area contributed by atoms with E-state index < -0.39 is 0 Å². The third-order valence-electron chi connectivity index (χ3n) is 2.14. The number of aryl methyl sites for hydroxylation is 1. The van der Waals surface area contributed by atoms with Crippen LogP contribution in [-0.2, 0) is 11.2 Å². The molecule has 0 aromatic heterocycles. The number of ketones is 1. The number of carbonyl (C=O) groups is 1. The largest absolute Gasteiger partial charge is 0.486 e. The zero-order valence-corrected chi connectivity index (χ0v) is 8.75. The fourth-order valence-corrected chi connectivity index (χ4v) is 1.20. The van der Waals surface area contributed by atoms with Crippen molar-refractivity contribution < 1.29 is 9.53 Å². The predicted octanol–water partition coefficient (Wildman–Crippen LogP) is 2.61. The van der Waals surface area contributed by atoms with Gasteiger partial charge in [-0.15, -0.1) is 0 Å². The number of para-hydroxylation sites is 1. The molecular weight excluding hydrogens is 176 g/mol. The van der Waals surface area contributed by atoms with Gasteiger partial charge in [0, 0.05) is 6.42 Å². The first-order valence-electron chi connectivity index (χ1n) is 5.00. The second-order valence-electron chi connectivity index (χ2n) is 3.14. The number of hydrogen-bond acceptors (Lipinski definition) is 2. The summed E-state index contributed by atoms with van der Waals surface area (Å²) in [5, 5.41) is 0. The Morgan fingerprint density at radius 1 is 1.29 bits per heavy atom. The molecule has 2 heteroatoms. The summed E-state index contributed by atoms with van der Waals surface area (Å²) in [5.74, 6) is 0.965. The smallest absolute Gasteiger partial charge is 0.169 e. The van der Waals surface area contributed by atoms with Gasteiger partial charge < -0.3 is 4.74 Å². The molecule has 0 spiro atoms. The van der Waals surface area contributed by atoms with Crippen LogP contribution in [0.25, 0.3) is 0 Å². The average molecular weight is 192 g/mol. The van der Waals surface area contributed by atoms with Crippen molar-refractivity contribution in [3.8, 4) is 5.75 Å². The Morgan fingerprint density at radius 3 is 2.64 bits per heavy atom. The highest BCUT2D eigenvalue weighted by atomic mass is 16.5. The summed E-state index contributed by atoms with van der Waals surface area (Å²) < 4.78 is 5.43. The summed E-state index contributed by atoms with van der Waals surface area (Å²) in [6.07, 6.45) is 1.46. The molecule has 0 aliphatic carbocycles. The Balaban J connectivity index is 2.61. The van der Waals surface area contributed by atoms with Crippen molar-refractivity contribution in [2.45, 2.75) is 26.7 Å². The topological polar surface area (TPSA) is 26.3 Å². The first-order valence-corrected chi connectivity index (χ1v) is 5.00. The Bertz CT molecular complexity index is 305. The molecule has 0 atom stereocenters. The van der Waals surface area contributed by atoms with Gasteiger partial charge in [0.15, 0.2) is 5.78 Å². The molecule has 2 nitrogen and oxygen atoms in total. The number of hydrogen-bond donors (Lipinski definition) is 0. The van der Waals surface area contributed by atoms with Crippen LogP contribution >= 0.6 is 0 Å². The van der Waals surface area contributed by atoms with Crippen LogP contribution in [0.5, 0.6) is 5.75 Å². The molecule has 1 rings (SSSR count). The van der Waals surface area contributed by atoms with Crippen LogP contribution in [0.2, 0.25) is 0 Å². The van der Waals surface area contributed by atoms with Gasteiger partial charge in [-0.1, -0.05) is 32.0 Å². The fourth-order valence-electron chi connectivity index (χ4n) is 1.20. The Kier molecular flexibility index (Phi) is 4.17. The Morgan fingerprint density at radius 2 is 2.00 bits per heavy atom. The van der Waals surface area contributed by atoms with Gasteiger partial charge in [-0.25, -0.2) is 0 Å². The highest BCUT2D eigenvalue weighted by molar-refractivity contribution is 5.79. The lowest BCUT2D eigenvalue weighted by Crippen LogP contribution is -2.10. The van der Waals surface area contributed by atoms with Gasteiger partial charge in [-0.2, -0.15) is 0 Å². The van der Waals surface area contributed by atoms with Gasteiger partial charge >= 0.3 is 0 Å². The SMILES string of the molecule is CCC(=O)COc1ccccc1CC. The Hall–Kier alpha value is -1.31. The summed E-state index contributed by atoms with van der Waals surface area (Å²) in [6, 6.07) is 7.83. The maximum absolute atomic E-state index is 11.1. The van der Waals surface area contributed by atoms with E-state index in [1.165, 1.54) is 0 Å². The van der Waals surface area contributed by atoms with E-state index in [2.05, 4.69) is 6.92 Å². The fraction of sp³-hybridized carbons (Fsp3) is 0.417. The van der Waals surface area contributed by atoms with Gasteiger partial charge in [-0.3, -0.25) is 4.79 Å². The van der Waals surface area contributed by atoms with Crippen molar-refractivity contribution in [3.05, 3.63) is 29.8 Å². The van der Waals surface area contributed by atoms with Gasteiger partial charge in [0.25, 0.3) is 0 Å². The van der Waals surface area contributed by atoms with Crippen molar-refractivity contribution in [3.63, 3.8) is 0 Å². The molecule has 14 heavy (non-hydrogen) atoms. The molecule has 0 bridgehead atoms. The molecule has 0 saturated heterocycles. The van der Waals surface area contributed by atoms with Gasteiger partial charge in [0.05, 0.1) is 0 Å². The minimum atomic E-state index is 0.135. The number of benzene rings is 1. The van der Waals surface area contributed by atoms with Gasteiger partial charge in [-0.05, 0) is 18.1 Å². The van der Waals surface area contributed by atoms with Crippen molar-refractivity contribution in [1.82, 2.24) is 0 Å². The van der Waals surface area contributed by atoms with E-state index in [0.29, 0.717) is 6.42 Å². The van der Waals surface area contributed by atoms with Gasteiger partial charge in [0.2, 0.25) is 0 Å². The van der Waals surface area contributed by atoms with Crippen LogP contribution < -0.4 is 4.74 Å². The molecule has 0 radical (unpaired) electrons. The molecule has 0 aliphatic rings.